The maximum absolute atomic E-state index is 11.3. The second-order valence-corrected chi connectivity index (χ2v) is 6.23. The molecule has 0 bridgehead atoms. The van der Waals surface area contributed by atoms with Gasteiger partial charge in [0.25, 0.3) is 0 Å². The van der Waals surface area contributed by atoms with Crippen molar-refractivity contribution >= 4 is 21.6 Å². The number of hydrogen-bond acceptors (Lipinski definition) is 5. The molecule has 6 nitrogen and oxygen atoms in total. The number of hydrogen-bond donors (Lipinski definition) is 1. The fourth-order valence-electron chi connectivity index (χ4n) is 1.53. The van der Waals surface area contributed by atoms with E-state index in [1.165, 1.54) is 6.08 Å². The number of carbonyl (C=O) groups excluding carboxylic acids is 1. The molecule has 0 saturated heterocycles. The van der Waals surface area contributed by atoms with Crippen LogP contribution in [0.2, 0.25) is 0 Å². The van der Waals surface area contributed by atoms with Gasteiger partial charge in [0.05, 0.1) is 17.5 Å². The van der Waals surface area contributed by atoms with Crippen LogP contribution in [0.5, 0.6) is 0 Å². The van der Waals surface area contributed by atoms with Gasteiger partial charge in [-0.2, -0.15) is 0 Å². The maximum Gasteiger partial charge on any atom is 0.433 e. The normalized spacial score (nSPS) is 26.9. The average Bonchev–Trinajstić information content (AvgIpc) is 3.02. The number of oxime groups is 1. The van der Waals surface area contributed by atoms with E-state index in [1.807, 2.05) is 6.92 Å². The number of sulfone groups is 1. The van der Waals surface area contributed by atoms with Crippen molar-refractivity contribution in [3.63, 3.8) is 0 Å². The largest absolute Gasteiger partial charge is 0.433 e. The molecule has 1 aliphatic heterocycles. The van der Waals surface area contributed by atoms with E-state index in [-0.39, 0.29) is 5.75 Å². The Hall–Kier alpha value is -1.37. The van der Waals surface area contributed by atoms with Gasteiger partial charge >= 0.3 is 6.09 Å². The lowest BCUT2D eigenvalue weighted by Crippen LogP contribution is -2.35. The molecule has 0 spiro atoms. The smallest absolute Gasteiger partial charge is 0.312 e. The highest BCUT2D eigenvalue weighted by Gasteiger charge is 2.26. The summed E-state index contributed by atoms with van der Waals surface area (Å²) in [7, 11) is -3.16. The highest BCUT2D eigenvalue weighted by atomic mass is 32.2. The molecule has 2 aliphatic rings. The second kappa shape index (κ2) is 4.48. The molecule has 1 aliphatic carbocycles. The lowest BCUT2D eigenvalue weighted by atomic mass is 10.3. The van der Waals surface area contributed by atoms with Gasteiger partial charge in [-0.3, -0.25) is 4.84 Å². The van der Waals surface area contributed by atoms with Crippen LogP contribution >= 0.6 is 0 Å². The zero-order valence-corrected chi connectivity index (χ0v) is 10.2. The summed E-state index contributed by atoms with van der Waals surface area (Å²) in [5.74, 6) is 0.322. The van der Waals surface area contributed by atoms with Crippen molar-refractivity contribution in [1.82, 2.24) is 5.32 Å². The monoisotopic (exact) mass is 258 g/mol. The summed E-state index contributed by atoms with van der Waals surface area (Å²) in [6.07, 6.45) is 2.87. The number of nitrogens with one attached hydrogen (secondary N) is 1. The van der Waals surface area contributed by atoms with Gasteiger partial charge in [-0.1, -0.05) is 5.16 Å². The van der Waals surface area contributed by atoms with Crippen LogP contribution in [0.15, 0.2) is 16.6 Å². The summed E-state index contributed by atoms with van der Waals surface area (Å²) in [6.45, 7) is 1.81. The van der Waals surface area contributed by atoms with E-state index in [4.69, 9.17) is 0 Å². The third kappa shape index (κ3) is 3.55. The fraction of sp³-hybridized carbons (Fsp3) is 0.600. The molecular weight excluding hydrogens is 244 g/mol. The van der Waals surface area contributed by atoms with Gasteiger partial charge in [-0.25, -0.2) is 13.2 Å². The van der Waals surface area contributed by atoms with Crippen molar-refractivity contribution in [2.75, 3.05) is 5.75 Å². The van der Waals surface area contributed by atoms with Gasteiger partial charge in [0.1, 0.15) is 0 Å². The minimum Gasteiger partial charge on any atom is -0.312 e. The average molecular weight is 258 g/mol. The maximum atomic E-state index is 11.3. The first-order valence-corrected chi connectivity index (χ1v) is 7.11. The summed E-state index contributed by atoms with van der Waals surface area (Å²) < 4.78 is 22.2. The molecule has 7 heteroatoms. The second-order valence-electron chi connectivity index (χ2n) is 4.29. The van der Waals surface area contributed by atoms with E-state index in [9.17, 15) is 13.2 Å². The van der Waals surface area contributed by atoms with Crippen molar-refractivity contribution in [2.45, 2.75) is 25.8 Å². The topological polar surface area (TPSA) is 84.8 Å². The van der Waals surface area contributed by atoms with Crippen LogP contribution in [0.25, 0.3) is 0 Å². The number of amides is 1. The van der Waals surface area contributed by atoms with Crippen LogP contribution in [-0.2, 0) is 14.7 Å². The molecule has 0 aromatic heterocycles. The molecule has 0 radical (unpaired) electrons. The lowest BCUT2D eigenvalue weighted by molar-refractivity contribution is 0.149. The van der Waals surface area contributed by atoms with Gasteiger partial charge < -0.3 is 5.32 Å². The van der Waals surface area contributed by atoms with Crippen molar-refractivity contribution in [1.29, 1.82) is 0 Å². The van der Waals surface area contributed by atoms with Gasteiger partial charge in [0, 0.05) is 11.3 Å². The minimum absolute atomic E-state index is 0.118. The highest BCUT2D eigenvalue weighted by molar-refractivity contribution is 7.94. The van der Waals surface area contributed by atoms with Crippen LogP contribution in [-0.4, -0.2) is 32.0 Å². The van der Waals surface area contributed by atoms with Crippen molar-refractivity contribution in [2.24, 2.45) is 11.1 Å². The molecule has 0 aromatic carbocycles. The van der Waals surface area contributed by atoms with E-state index >= 15 is 0 Å². The van der Waals surface area contributed by atoms with Crippen LogP contribution in [0, 0.1) is 5.92 Å². The quantitative estimate of drug-likeness (QED) is 0.461. The Balaban J connectivity index is 1.78. The Bertz CT molecular complexity index is 477. The molecule has 94 valence electrons. The van der Waals surface area contributed by atoms with E-state index in [0.717, 1.165) is 24.0 Å². The lowest BCUT2D eigenvalue weighted by Gasteiger charge is -2.07. The Morgan fingerprint density at radius 2 is 2.18 bits per heavy atom. The predicted octanol–water partition coefficient (Wildman–Crippen LogP) is 0.809. The molecule has 17 heavy (non-hydrogen) atoms. The molecule has 0 aromatic rings. The Labute approximate surface area is 99.6 Å². The van der Waals surface area contributed by atoms with E-state index in [0.29, 0.717) is 5.92 Å². The molecule has 1 atom stereocenters. The van der Waals surface area contributed by atoms with Crippen molar-refractivity contribution in [3.8, 4) is 0 Å². The molecule has 1 saturated carbocycles. The fourth-order valence-corrected chi connectivity index (χ4v) is 2.77. The van der Waals surface area contributed by atoms with Gasteiger partial charge in [-0.05, 0) is 25.8 Å². The first kappa shape index (κ1) is 12.1. The zero-order chi connectivity index (χ0) is 12.5. The minimum atomic E-state index is -3.16. The number of carbonyl (C=O) groups is 1. The third-order valence-corrected chi connectivity index (χ3v) is 4.07. The summed E-state index contributed by atoms with van der Waals surface area (Å²) in [5, 5.41) is 7.20. The van der Waals surface area contributed by atoms with Crippen LogP contribution in [0.3, 0.4) is 0 Å². The Morgan fingerprint density at radius 3 is 2.71 bits per heavy atom. The van der Waals surface area contributed by atoms with E-state index < -0.39 is 22.0 Å². The SMILES string of the molecule is C/C(=N\OC(=O)N[C@@H]1C=CS(=O)(=O)C1)C1CC1. The molecule has 2 rings (SSSR count). The summed E-state index contributed by atoms with van der Waals surface area (Å²) >= 11 is 0. The van der Waals surface area contributed by atoms with E-state index in [1.54, 1.807) is 0 Å². The standard InChI is InChI=1S/C10H14N2O4S/c1-7(8-2-3-8)12-16-10(13)11-9-4-5-17(14,15)6-9/h4-5,8-9H,2-3,6H2,1H3,(H,11,13)/b12-7+/t9-/m1/s1. The summed E-state index contributed by atoms with van der Waals surface area (Å²) in [4.78, 5) is 15.9. The predicted molar refractivity (Wildman–Crippen MR) is 62.2 cm³/mol. The number of nitrogens with zero attached hydrogens (tertiary/aromatic N) is 1. The van der Waals surface area contributed by atoms with Crippen molar-refractivity contribution < 1.29 is 18.0 Å². The van der Waals surface area contributed by atoms with Crippen LogP contribution < -0.4 is 5.32 Å². The summed E-state index contributed by atoms with van der Waals surface area (Å²) in [5.41, 5.74) is 0.801. The first-order chi connectivity index (χ1) is 7.96. The Morgan fingerprint density at radius 1 is 1.47 bits per heavy atom. The third-order valence-electron chi connectivity index (χ3n) is 2.67. The molecule has 1 heterocycles. The van der Waals surface area contributed by atoms with Crippen LogP contribution in [0.4, 0.5) is 4.79 Å². The highest BCUT2D eigenvalue weighted by Crippen LogP contribution is 2.30. The van der Waals surface area contributed by atoms with Gasteiger partial charge in [-0.15, -0.1) is 0 Å². The van der Waals surface area contributed by atoms with Crippen molar-refractivity contribution in [3.05, 3.63) is 11.5 Å². The van der Waals surface area contributed by atoms with Gasteiger partial charge in [0.2, 0.25) is 0 Å². The number of rotatable bonds is 3. The Kier molecular flexibility index (Phi) is 3.19. The molecule has 1 N–H and O–H groups in total. The molecule has 0 unspecified atom stereocenters. The van der Waals surface area contributed by atoms with E-state index in [2.05, 4.69) is 15.3 Å². The zero-order valence-electron chi connectivity index (χ0n) is 9.42. The molecular formula is C10H14N2O4S. The molecule has 1 amide bonds. The summed E-state index contributed by atoms with van der Waals surface area (Å²) in [6, 6.07) is -0.524. The first-order valence-electron chi connectivity index (χ1n) is 5.39. The van der Waals surface area contributed by atoms with Gasteiger partial charge in [0.15, 0.2) is 9.84 Å². The van der Waals surface area contributed by atoms with Crippen LogP contribution in [0.1, 0.15) is 19.8 Å². The molecule has 1 fully saturated rings.